The van der Waals surface area contributed by atoms with Crippen LogP contribution in [0, 0.1) is 11.6 Å². The maximum absolute atomic E-state index is 13.4. The predicted molar refractivity (Wildman–Crippen MR) is 69.9 cm³/mol. The number of amides is 1. The molecule has 0 unspecified atom stereocenters. The number of nitrogens with one attached hydrogen (secondary N) is 1. The van der Waals surface area contributed by atoms with Crippen molar-refractivity contribution in [3.05, 3.63) is 70.8 Å². The van der Waals surface area contributed by atoms with Gasteiger partial charge >= 0.3 is 0 Å². The van der Waals surface area contributed by atoms with Gasteiger partial charge in [-0.15, -0.1) is 0 Å². The van der Waals surface area contributed by atoms with E-state index in [9.17, 15) is 13.6 Å². The fourth-order valence-electron chi connectivity index (χ4n) is 1.71. The average Bonchev–Trinajstić information content (AvgIpc) is 2.47. The molecule has 2 aromatic rings. The van der Waals surface area contributed by atoms with Gasteiger partial charge in [0.05, 0.1) is 12.2 Å². The van der Waals surface area contributed by atoms with Crippen molar-refractivity contribution in [2.45, 2.75) is 13.2 Å². The molecule has 3 nitrogen and oxygen atoms in total. The minimum absolute atomic E-state index is 0.0544. The lowest BCUT2D eigenvalue weighted by Crippen LogP contribution is -2.24. The summed E-state index contributed by atoms with van der Waals surface area (Å²) in [4.78, 5) is 11.8. The fourth-order valence-corrected chi connectivity index (χ4v) is 1.71. The van der Waals surface area contributed by atoms with Crippen LogP contribution < -0.4 is 5.32 Å². The first-order valence-corrected chi connectivity index (χ1v) is 6.02. The van der Waals surface area contributed by atoms with Crippen LogP contribution in [0.15, 0.2) is 42.5 Å². The third-order valence-corrected chi connectivity index (χ3v) is 2.83. The number of rotatable bonds is 4. The summed E-state index contributed by atoms with van der Waals surface area (Å²) in [6, 6.07) is 9.68. The van der Waals surface area contributed by atoms with Crippen molar-refractivity contribution in [1.29, 1.82) is 0 Å². The Morgan fingerprint density at radius 3 is 2.35 bits per heavy atom. The lowest BCUT2D eigenvalue weighted by molar-refractivity contribution is 0.0946. The maximum atomic E-state index is 13.4. The third kappa shape index (κ3) is 3.39. The van der Waals surface area contributed by atoms with Crippen molar-refractivity contribution < 1.29 is 18.7 Å². The Kier molecular flexibility index (Phi) is 4.42. The van der Waals surface area contributed by atoms with E-state index in [0.717, 1.165) is 29.3 Å². The van der Waals surface area contributed by atoms with Gasteiger partial charge in [-0.1, -0.05) is 24.3 Å². The van der Waals surface area contributed by atoms with Crippen molar-refractivity contribution >= 4 is 5.91 Å². The standard InChI is InChI=1S/C15H13F2NO2/c16-12-5-6-14(17)13(7-12)15(20)18-8-10-1-3-11(9-19)4-2-10/h1-7,19H,8-9H2,(H,18,20). The van der Waals surface area contributed by atoms with E-state index in [1.807, 2.05) is 0 Å². The quantitative estimate of drug-likeness (QED) is 0.901. The number of benzene rings is 2. The van der Waals surface area contributed by atoms with E-state index >= 15 is 0 Å². The molecule has 2 N–H and O–H groups in total. The molecule has 0 aliphatic heterocycles. The van der Waals surface area contributed by atoms with Crippen molar-refractivity contribution in [3.8, 4) is 0 Å². The van der Waals surface area contributed by atoms with Crippen molar-refractivity contribution in [1.82, 2.24) is 5.32 Å². The molecule has 0 spiro atoms. The highest BCUT2D eigenvalue weighted by atomic mass is 19.1. The number of hydrogen-bond donors (Lipinski definition) is 2. The van der Waals surface area contributed by atoms with E-state index in [-0.39, 0.29) is 18.7 Å². The summed E-state index contributed by atoms with van der Waals surface area (Å²) in [6.07, 6.45) is 0. The highest BCUT2D eigenvalue weighted by molar-refractivity contribution is 5.94. The number of carbonyl (C=O) groups is 1. The minimum atomic E-state index is -0.764. The first-order valence-electron chi connectivity index (χ1n) is 6.02. The number of halogens is 2. The molecule has 5 heteroatoms. The Morgan fingerprint density at radius 2 is 1.70 bits per heavy atom. The molecule has 0 radical (unpaired) electrons. The van der Waals surface area contributed by atoms with E-state index < -0.39 is 17.5 Å². The number of aliphatic hydroxyl groups excluding tert-OH is 1. The summed E-state index contributed by atoms with van der Waals surface area (Å²) >= 11 is 0. The Hall–Kier alpha value is -2.27. The monoisotopic (exact) mass is 277 g/mol. The van der Waals surface area contributed by atoms with E-state index in [4.69, 9.17) is 5.11 Å². The number of aliphatic hydroxyl groups is 1. The molecule has 0 atom stereocenters. The highest BCUT2D eigenvalue weighted by Crippen LogP contribution is 2.10. The van der Waals surface area contributed by atoms with Crippen LogP contribution >= 0.6 is 0 Å². The largest absolute Gasteiger partial charge is 0.392 e. The fraction of sp³-hybridized carbons (Fsp3) is 0.133. The van der Waals surface area contributed by atoms with Gasteiger partial charge in [0.15, 0.2) is 0 Å². The van der Waals surface area contributed by atoms with E-state index in [0.29, 0.717) is 0 Å². The molecular weight excluding hydrogens is 264 g/mol. The second-order valence-corrected chi connectivity index (χ2v) is 4.28. The molecule has 0 saturated carbocycles. The summed E-state index contributed by atoms with van der Waals surface area (Å²) in [5, 5.41) is 11.4. The molecule has 0 bridgehead atoms. The molecule has 0 aliphatic rings. The van der Waals surface area contributed by atoms with Gasteiger partial charge in [0, 0.05) is 6.54 Å². The molecule has 104 valence electrons. The smallest absolute Gasteiger partial charge is 0.254 e. The van der Waals surface area contributed by atoms with Crippen molar-refractivity contribution in [2.24, 2.45) is 0 Å². The first-order chi connectivity index (χ1) is 9.60. The molecule has 0 aliphatic carbocycles. The predicted octanol–water partition coefficient (Wildman–Crippen LogP) is 2.39. The summed E-state index contributed by atoms with van der Waals surface area (Å²) < 4.78 is 26.4. The Labute approximate surface area is 114 Å². The molecule has 1 amide bonds. The van der Waals surface area contributed by atoms with Crippen molar-refractivity contribution in [3.63, 3.8) is 0 Å². The molecule has 0 aromatic heterocycles. The number of hydrogen-bond acceptors (Lipinski definition) is 2. The summed E-state index contributed by atoms with van der Waals surface area (Å²) in [5.41, 5.74) is 1.24. The van der Waals surface area contributed by atoms with Crippen LogP contribution in [0.5, 0.6) is 0 Å². The average molecular weight is 277 g/mol. The zero-order chi connectivity index (χ0) is 14.5. The zero-order valence-electron chi connectivity index (χ0n) is 10.6. The van der Waals surface area contributed by atoms with E-state index in [2.05, 4.69) is 5.32 Å². The van der Waals surface area contributed by atoms with Gasteiger partial charge in [0.1, 0.15) is 11.6 Å². The first kappa shape index (κ1) is 14.1. The lowest BCUT2D eigenvalue weighted by atomic mass is 10.1. The number of carbonyl (C=O) groups excluding carboxylic acids is 1. The van der Waals surface area contributed by atoms with Crippen LogP contribution in [0.4, 0.5) is 8.78 Å². The third-order valence-electron chi connectivity index (χ3n) is 2.83. The van der Waals surface area contributed by atoms with Crippen LogP contribution in [-0.2, 0) is 13.2 Å². The summed E-state index contributed by atoms with van der Waals surface area (Å²) in [7, 11) is 0. The molecule has 20 heavy (non-hydrogen) atoms. The van der Waals surface area contributed by atoms with Gasteiger partial charge in [-0.05, 0) is 29.3 Å². The van der Waals surface area contributed by atoms with Crippen LogP contribution in [0.1, 0.15) is 21.5 Å². The van der Waals surface area contributed by atoms with Gasteiger partial charge in [-0.2, -0.15) is 0 Å². The maximum Gasteiger partial charge on any atom is 0.254 e. The molecule has 2 rings (SSSR count). The molecular formula is C15H13F2NO2. The minimum Gasteiger partial charge on any atom is -0.392 e. The molecule has 2 aromatic carbocycles. The topological polar surface area (TPSA) is 49.3 Å². The Balaban J connectivity index is 2.02. The SMILES string of the molecule is O=C(NCc1ccc(CO)cc1)c1cc(F)ccc1F. The van der Waals surface area contributed by atoms with E-state index in [1.54, 1.807) is 24.3 Å². The van der Waals surface area contributed by atoms with Gasteiger partial charge < -0.3 is 10.4 Å². The molecule has 0 fully saturated rings. The van der Waals surface area contributed by atoms with Gasteiger partial charge in [-0.25, -0.2) is 8.78 Å². The van der Waals surface area contributed by atoms with Crippen LogP contribution in [0.25, 0.3) is 0 Å². The second-order valence-electron chi connectivity index (χ2n) is 4.28. The van der Waals surface area contributed by atoms with Crippen LogP contribution in [0.2, 0.25) is 0 Å². The van der Waals surface area contributed by atoms with E-state index in [1.165, 1.54) is 0 Å². The second kappa shape index (κ2) is 6.25. The summed E-state index contributed by atoms with van der Waals surface area (Å²) in [5.74, 6) is -2.10. The van der Waals surface area contributed by atoms with Crippen LogP contribution in [0.3, 0.4) is 0 Å². The highest BCUT2D eigenvalue weighted by Gasteiger charge is 2.12. The summed E-state index contributed by atoms with van der Waals surface area (Å²) in [6.45, 7) is 0.141. The lowest BCUT2D eigenvalue weighted by Gasteiger charge is -2.07. The normalized spacial score (nSPS) is 10.3. The molecule has 0 saturated heterocycles. The Bertz CT molecular complexity index is 612. The van der Waals surface area contributed by atoms with Crippen molar-refractivity contribution in [2.75, 3.05) is 0 Å². The Morgan fingerprint density at radius 1 is 1.05 bits per heavy atom. The van der Waals surface area contributed by atoms with Gasteiger partial charge in [0.2, 0.25) is 0 Å². The van der Waals surface area contributed by atoms with Crippen LogP contribution in [-0.4, -0.2) is 11.0 Å². The molecule has 0 heterocycles. The van der Waals surface area contributed by atoms with Gasteiger partial charge in [-0.3, -0.25) is 4.79 Å². The zero-order valence-corrected chi connectivity index (χ0v) is 10.6. The van der Waals surface area contributed by atoms with Gasteiger partial charge in [0.25, 0.3) is 5.91 Å².